The van der Waals surface area contributed by atoms with Crippen LogP contribution >= 0.6 is 0 Å². The summed E-state index contributed by atoms with van der Waals surface area (Å²) in [5, 5.41) is 0. The third kappa shape index (κ3) is 2.84. The van der Waals surface area contributed by atoms with Gasteiger partial charge in [-0.25, -0.2) is 4.98 Å². The van der Waals surface area contributed by atoms with Crippen LogP contribution in [-0.4, -0.2) is 49.2 Å². The first-order valence-electron chi connectivity index (χ1n) is 9.94. The molecule has 2 N–H and O–H groups in total. The molecule has 1 aliphatic carbocycles. The topological polar surface area (TPSA) is 107 Å². The Balaban J connectivity index is 1.53. The molecule has 9 nitrogen and oxygen atoms in total. The van der Waals surface area contributed by atoms with Gasteiger partial charge in [0.05, 0.1) is 11.9 Å². The molecule has 4 heterocycles. The number of aromatic nitrogens is 4. The molecule has 2 aliphatic heterocycles. The third-order valence-electron chi connectivity index (χ3n) is 5.80. The summed E-state index contributed by atoms with van der Waals surface area (Å²) in [7, 11) is 0. The van der Waals surface area contributed by atoms with Gasteiger partial charge in [0, 0.05) is 0 Å². The summed E-state index contributed by atoms with van der Waals surface area (Å²) in [6.07, 6.45) is 5.29. The van der Waals surface area contributed by atoms with Crippen molar-refractivity contribution in [1.82, 2.24) is 19.5 Å². The standard InChI is InChI=1S/C19H27N5O4/c1-18(2)13-12(26-19(3,4)27-13)16(28-18)24-9-21-11-14(20)22-17(23-15(11)24)25-10-7-5-6-8-10/h9-10,12-13,16H,5-8H2,1-4H3,(H2,20,22,23)/t12-,13+,16-/m1/s1. The number of anilines is 1. The van der Waals surface area contributed by atoms with E-state index in [-0.39, 0.29) is 24.3 Å². The molecule has 0 bridgehead atoms. The molecule has 0 unspecified atom stereocenters. The molecule has 9 heteroatoms. The van der Waals surface area contributed by atoms with Crippen LogP contribution in [0.4, 0.5) is 5.82 Å². The fourth-order valence-electron chi connectivity index (χ4n) is 4.51. The minimum Gasteiger partial charge on any atom is -0.460 e. The number of nitrogens with zero attached hydrogens (tertiary/aromatic N) is 4. The summed E-state index contributed by atoms with van der Waals surface area (Å²) < 4.78 is 26.4. The minimum atomic E-state index is -0.671. The second-order valence-corrected chi connectivity index (χ2v) is 8.87. The second kappa shape index (κ2) is 6.01. The molecule has 3 aliphatic rings. The summed E-state index contributed by atoms with van der Waals surface area (Å²) >= 11 is 0. The minimum absolute atomic E-state index is 0.145. The molecule has 3 fully saturated rings. The van der Waals surface area contributed by atoms with E-state index in [1.54, 1.807) is 6.33 Å². The van der Waals surface area contributed by atoms with Gasteiger partial charge in [-0.1, -0.05) is 0 Å². The first kappa shape index (κ1) is 18.1. The van der Waals surface area contributed by atoms with Crippen molar-refractivity contribution >= 4 is 17.0 Å². The molecule has 0 amide bonds. The van der Waals surface area contributed by atoms with Crippen molar-refractivity contribution in [2.24, 2.45) is 0 Å². The summed E-state index contributed by atoms with van der Waals surface area (Å²) in [5.41, 5.74) is 6.74. The zero-order chi connectivity index (χ0) is 19.7. The molecule has 2 aromatic rings. The first-order valence-corrected chi connectivity index (χ1v) is 9.94. The highest BCUT2D eigenvalue weighted by Crippen LogP contribution is 2.48. The Hall–Kier alpha value is -1.97. The van der Waals surface area contributed by atoms with Crippen LogP contribution in [0.1, 0.15) is 59.6 Å². The molecule has 28 heavy (non-hydrogen) atoms. The fraction of sp³-hybridized carbons (Fsp3) is 0.737. The van der Waals surface area contributed by atoms with Gasteiger partial charge in [-0.3, -0.25) is 4.57 Å². The van der Waals surface area contributed by atoms with Crippen LogP contribution in [0, 0.1) is 0 Å². The molecule has 0 radical (unpaired) electrons. The number of hydrogen-bond donors (Lipinski definition) is 1. The van der Waals surface area contributed by atoms with Gasteiger partial charge in [-0.15, -0.1) is 0 Å². The number of ether oxygens (including phenoxy) is 4. The average Bonchev–Trinajstić information content (AvgIpc) is 3.34. The predicted molar refractivity (Wildman–Crippen MR) is 101 cm³/mol. The van der Waals surface area contributed by atoms with Crippen LogP contribution in [-0.2, 0) is 14.2 Å². The van der Waals surface area contributed by atoms with Crippen LogP contribution in [0.25, 0.3) is 11.2 Å². The van der Waals surface area contributed by atoms with E-state index in [2.05, 4.69) is 15.0 Å². The molecule has 5 rings (SSSR count). The van der Waals surface area contributed by atoms with E-state index in [0.717, 1.165) is 12.8 Å². The largest absolute Gasteiger partial charge is 0.460 e. The Morgan fingerprint density at radius 3 is 2.61 bits per heavy atom. The van der Waals surface area contributed by atoms with Crippen LogP contribution in [0.5, 0.6) is 6.01 Å². The van der Waals surface area contributed by atoms with Gasteiger partial charge in [-0.2, -0.15) is 9.97 Å². The molecule has 0 spiro atoms. The molecule has 0 aromatic carbocycles. The van der Waals surface area contributed by atoms with Gasteiger partial charge in [0.1, 0.15) is 18.3 Å². The van der Waals surface area contributed by atoms with Crippen molar-refractivity contribution in [2.75, 3.05) is 5.73 Å². The molecular weight excluding hydrogens is 362 g/mol. The smallest absolute Gasteiger partial charge is 0.320 e. The normalized spacial score (nSPS) is 31.5. The van der Waals surface area contributed by atoms with Gasteiger partial charge >= 0.3 is 6.01 Å². The van der Waals surface area contributed by atoms with E-state index < -0.39 is 17.6 Å². The van der Waals surface area contributed by atoms with Gasteiger partial charge in [0.2, 0.25) is 0 Å². The van der Waals surface area contributed by atoms with Crippen molar-refractivity contribution in [3.05, 3.63) is 6.33 Å². The Morgan fingerprint density at radius 2 is 1.86 bits per heavy atom. The zero-order valence-corrected chi connectivity index (χ0v) is 16.7. The molecule has 2 saturated heterocycles. The number of rotatable bonds is 3. The maximum absolute atomic E-state index is 6.31. The van der Waals surface area contributed by atoms with E-state index >= 15 is 0 Å². The highest BCUT2D eigenvalue weighted by atomic mass is 16.8. The van der Waals surface area contributed by atoms with Crippen molar-refractivity contribution in [3.8, 4) is 6.01 Å². The molecule has 3 atom stereocenters. The van der Waals surface area contributed by atoms with E-state index in [9.17, 15) is 0 Å². The molecule has 152 valence electrons. The average molecular weight is 389 g/mol. The van der Waals surface area contributed by atoms with Crippen molar-refractivity contribution in [3.63, 3.8) is 0 Å². The van der Waals surface area contributed by atoms with Crippen molar-refractivity contribution in [1.29, 1.82) is 0 Å². The molecular formula is C19H27N5O4. The SMILES string of the molecule is CC1(C)O[C@H]2[C@H](n3cnc4c(N)nc(OC5CCCC5)nc43)OC(C)(C)[C@H]2O1. The van der Waals surface area contributed by atoms with E-state index in [4.69, 9.17) is 24.7 Å². The molecule has 1 saturated carbocycles. The second-order valence-electron chi connectivity index (χ2n) is 8.87. The Labute approximate surface area is 163 Å². The van der Waals surface area contributed by atoms with Gasteiger partial charge in [0.15, 0.2) is 29.0 Å². The van der Waals surface area contributed by atoms with Crippen LogP contribution < -0.4 is 10.5 Å². The number of imidazole rings is 1. The Bertz CT molecular complexity index is 905. The predicted octanol–water partition coefficient (Wildman–Crippen LogP) is 2.56. The van der Waals surface area contributed by atoms with Crippen LogP contribution in [0.15, 0.2) is 6.33 Å². The van der Waals surface area contributed by atoms with Crippen LogP contribution in [0.3, 0.4) is 0 Å². The number of fused-ring (bicyclic) bond motifs is 2. The lowest BCUT2D eigenvalue weighted by Crippen LogP contribution is -2.37. The number of nitrogens with two attached hydrogens (primary N) is 1. The summed E-state index contributed by atoms with van der Waals surface area (Å²) in [6, 6.07) is 0.288. The summed E-state index contributed by atoms with van der Waals surface area (Å²) in [6.45, 7) is 7.84. The Morgan fingerprint density at radius 1 is 1.11 bits per heavy atom. The number of nitrogen functional groups attached to an aromatic ring is 1. The molecule has 2 aromatic heterocycles. The lowest BCUT2D eigenvalue weighted by molar-refractivity contribution is -0.212. The van der Waals surface area contributed by atoms with Crippen molar-refractivity contribution in [2.45, 2.75) is 89.3 Å². The fourth-order valence-corrected chi connectivity index (χ4v) is 4.51. The van der Waals surface area contributed by atoms with E-state index in [1.165, 1.54) is 12.8 Å². The monoisotopic (exact) mass is 389 g/mol. The number of hydrogen-bond acceptors (Lipinski definition) is 8. The quantitative estimate of drug-likeness (QED) is 0.854. The lowest BCUT2D eigenvalue weighted by Gasteiger charge is -2.28. The van der Waals surface area contributed by atoms with E-state index in [0.29, 0.717) is 17.0 Å². The summed E-state index contributed by atoms with van der Waals surface area (Å²) in [4.78, 5) is 13.3. The maximum Gasteiger partial charge on any atom is 0.320 e. The third-order valence-corrected chi connectivity index (χ3v) is 5.80. The maximum atomic E-state index is 6.31. The van der Waals surface area contributed by atoms with Gasteiger partial charge < -0.3 is 24.7 Å². The summed E-state index contributed by atoms with van der Waals surface area (Å²) in [5.74, 6) is -0.370. The zero-order valence-electron chi connectivity index (χ0n) is 16.7. The van der Waals surface area contributed by atoms with E-state index in [1.807, 2.05) is 32.3 Å². The van der Waals surface area contributed by atoms with Gasteiger partial charge in [0.25, 0.3) is 0 Å². The lowest BCUT2D eigenvalue weighted by atomic mass is 10.0. The highest BCUT2D eigenvalue weighted by molar-refractivity contribution is 5.82. The highest BCUT2D eigenvalue weighted by Gasteiger charge is 2.59. The van der Waals surface area contributed by atoms with Crippen molar-refractivity contribution < 1.29 is 18.9 Å². The first-order chi connectivity index (χ1) is 13.2. The van der Waals surface area contributed by atoms with Crippen LogP contribution in [0.2, 0.25) is 0 Å². The van der Waals surface area contributed by atoms with Gasteiger partial charge in [-0.05, 0) is 53.4 Å². The Kier molecular flexibility index (Phi) is 3.88.